The van der Waals surface area contributed by atoms with Crippen molar-refractivity contribution in [2.24, 2.45) is 5.41 Å². The van der Waals surface area contributed by atoms with Gasteiger partial charge in [0.15, 0.2) is 0 Å². The van der Waals surface area contributed by atoms with Crippen LogP contribution < -0.4 is 5.32 Å². The molecule has 1 saturated carbocycles. The topological polar surface area (TPSA) is 45.0 Å². The van der Waals surface area contributed by atoms with Crippen molar-refractivity contribution in [1.82, 2.24) is 5.32 Å². The molecule has 0 heterocycles. The first-order valence-electron chi connectivity index (χ1n) is 6.57. The van der Waals surface area contributed by atoms with E-state index in [1.165, 1.54) is 25.0 Å². The third kappa shape index (κ3) is 3.76. The summed E-state index contributed by atoms with van der Waals surface area (Å²) in [7, 11) is 1.71. The summed E-state index contributed by atoms with van der Waals surface area (Å²) < 4.78 is 18.7. The molecule has 3 nitrogen and oxygen atoms in total. The van der Waals surface area contributed by atoms with Gasteiger partial charge in [0.05, 0.1) is 11.6 Å². The van der Waals surface area contributed by atoms with Crippen LogP contribution >= 0.6 is 0 Å². The quantitative estimate of drug-likeness (QED) is 0.821. The Hall–Kier alpha value is -1.44. The number of nitriles is 1. The first kappa shape index (κ1) is 14.0. The predicted octanol–water partition coefficient (Wildman–Crippen LogP) is 2.60. The molecule has 2 rings (SSSR count). The molecule has 4 heteroatoms. The van der Waals surface area contributed by atoms with Gasteiger partial charge in [-0.15, -0.1) is 0 Å². The van der Waals surface area contributed by atoms with E-state index in [9.17, 15) is 4.39 Å². The molecule has 0 unspecified atom stereocenters. The number of hydrogen-bond donors (Lipinski definition) is 1. The summed E-state index contributed by atoms with van der Waals surface area (Å²) in [6.07, 6.45) is 3.48. The number of methoxy groups -OCH3 is 1. The van der Waals surface area contributed by atoms with E-state index in [1.54, 1.807) is 13.2 Å². The van der Waals surface area contributed by atoms with Crippen LogP contribution in [-0.4, -0.2) is 20.3 Å². The number of nitrogens with one attached hydrogen (secondary N) is 1. The maximum atomic E-state index is 13.6. The second kappa shape index (κ2) is 6.14. The molecule has 1 N–H and O–H groups in total. The fourth-order valence-corrected chi connectivity index (χ4v) is 2.25. The van der Waals surface area contributed by atoms with Crippen LogP contribution in [0.1, 0.15) is 30.4 Å². The molecule has 0 atom stereocenters. The number of hydrogen-bond acceptors (Lipinski definition) is 3. The first-order valence-corrected chi connectivity index (χ1v) is 6.57. The smallest absolute Gasteiger partial charge is 0.127 e. The van der Waals surface area contributed by atoms with Crippen molar-refractivity contribution in [3.8, 4) is 6.07 Å². The highest BCUT2D eigenvalue weighted by atomic mass is 19.1. The molecule has 0 amide bonds. The van der Waals surface area contributed by atoms with Crippen LogP contribution in [0.5, 0.6) is 0 Å². The highest BCUT2D eigenvalue weighted by molar-refractivity contribution is 5.33. The molecule has 19 heavy (non-hydrogen) atoms. The van der Waals surface area contributed by atoms with Crippen LogP contribution in [0.15, 0.2) is 18.2 Å². The van der Waals surface area contributed by atoms with Gasteiger partial charge in [-0.25, -0.2) is 4.39 Å². The molecule has 1 aliphatic carbocycles. The Bertz CT molecular complexity index is 478. The van der Waals surface area contributed by atoms with Gasteiger partial charge in [0, 0.05) is 32.4 Å². The molecule has 1 fully saturated rings. The summed E-state index contributed by atoms with van der Waals surface area (Å²) in [5.74, 6) is -0.256. The van der Waals surface area contributed by atoms with Crippen LogP contribution in [0.4, 0.5) is 4.39 Å². The van der Waals surface area contributed by atoms with Gasteiger partial charge in [-0.05, 0) is 42.9 Å². The van der Waals surface area contributed by atoms with E-state index in [-0.39, 0.29) is 5.82 Å². The van der Waals surface area contributed by atoms with Gasteiger partial charge < -0.3 is 10.1 Å². The Morgan fingerprint density at radius 3 is 2.89 bits per heavy atom. The molecule has 0 saturated heterocycles. The molecular weight excluding hydrogens is 243 g/mol. The summed E-state index contributed by atoms with van der Waals surface area (Å²) in [6.45, 7) is 2.13. The van der Waals surface area contributed by atoms with Crippen LogP contribution in [0.2, 0.25) is 0 Å². The maximum Gasteiger partial charge on any atom is 0.127 e. The van der Waals surface area contributed by atoms with Crippen LogP contribution in [-0.2, 0) is 11.3 Å². The summed E-state index contributed by atoms with van der Waals surface area (Å²) in [6, 6.07) is 6.49. The highest BCUT2D eigenvalue weighted by Gasteiger charge is 2.41. The van der Waals surface area contributed by atoms with Gasteiger partial charge in [-0.2, -0.15) is 5.26 Å². The number of nitrogens with zero attached hydrogens (tertiary/aromatic N) is 1. The maximum absolute atomic E-state index is 13.6. The third-order valence-corrected chi connectivity index (χ3v) is 3.78. The van der Waals surface area contributed by atoms with Crippen molar-refractivity contribution < 1.29 is 9.13 Å². The summed E-state index contributed by atoms with van der Waals surface area (Å²) in [5.41, 5.74) is 1.40. The lowest BCUT2D eigenvalue weighted by atomic mass is 10.0. The minimum atomic E-state index is -0.256. The van der Waals surface area contributed by atoms with E-state index in [0.717, 1.165) is 19.6 Å². The average Bonchev–Trinajstić information content (AvgIpc) is 3.19. The Morgan fingerprint density at radius 1 is 1.47 bits per heavy atom. The molecule has 0 spiro atoms. The summed E-state index contributed by atoms with van der Waals surface area (Å²) in [4.78, 5) is 0. The molecular formula is C15H19FN2O. The Labute approximate surface area is 113 Å². The van der Waals surface area contributed by atoms with E-state index in [0.29, 0.717) is 23.1 Å². The molecule has 0 radical (unpaired) electrons. The zero-order valence-corrected chi connectivity index (χ0v) is 11.2. The number of ether oxygens (including phenoxy) is 1. The minimum absolute atomic E-state index is 0.256. The van der Waals surface area contributed by atoms with Gasteiger partial charge in [0.25, 0.3) is 0 Å². The lowest BCUT2D eigenvalue weighted by Gasteiger charge is -2.15. The average molecular weight is 262 g/mol. The van der Waals surface area contributed by atoms with Crippen molar-refractivity contribution in [2.75, 3.05) is 20.3 Å². The first-order chi connectivity index (χ1) is 9.19. The molecule has 1 aromatic carbocycles. The molecule has 0 aliphatic heterocycles. The number of benzene rings is 1. The monoisotopic (exact) mass is 262 g/mol. The SMILES string of the molecule is COCCC1(CNCc2cc(C#N)ccc2F)CC1. The van der Waals surface area contributed by atoms with E-state index in [4.69, 9.17) is 10.00 Å². The number of halogens is 1. The van der Waals surface area contributed by atoms with Crippen molar-refractivity contribution >= 4 is 0 Å². The standard InChI is InChI=1S/C15H19FN2O/c1-19-7-6-15(4-5-15)11-18-10-13-8-12(9-17)2-3-14(13)16/h2-3,8,18H,4-7,10-11H2,1H3. The fraction of sp³-hybridized carbons (Fsp3) is 0.533. The summed E-state index contributed by atoms with van der Waals surface area (Å²) in [5, 5.41) is 12.1. The van der Waals surface area contributed by atoms with Crippen LogP contribution in [0.3, 0.4) is 0 Å². The molecule has 1 aliphatic rings. The molecule has 1 aromatic rings. The van der Waals surface area contributed by atoms with Crippen LogP contribution in [0.25, 0.3) is 0 Å². The second-order valence-electron chi connectivity index (χ2n) is 5.26. The molecule has 0 bridgehead atoms. The van der Waals surface area contributed by atoms with Gasteiger partial charge in [0.1, 0.15) is 5.82 Å². The zero-order valence-electron chi connectivity index (χ0n) is 11.2. The second-order valence-corrected chi connectivity index (χ2v) is 5.26. The lowest BCUT2D eigenvalue weighted by Crippen LogP contribution is -2.25. The highest BCUT2D eigenvalue weighted by Crippen LogP contribution is 2.48. The molecule has 0 aromatic heterocycles. The minimum Gasteiger partial charge on any atom is -0.385 e. The normalized spacial score (nSPS) is 16.1. The summed E-state index contributed by atoms with van der Waals surface area (Å²) >= 11 is 0. The lowest BCUT2D eigenvalue weighted by molar-refractivity contribution is 0.171. The van der Waals surface area contributed by atoms with Crippen molar-refractivity contribution in [3.63, 3.8) is 0 Å². The van der Waals surface area contributed by atoms with Crippen LogP contribution in [0, 0.1) is 22.6 Å². The predicted molar refractivity (Wildman–Crippen MR) is 71.0 cm³/mol. The van der Waals surface area contributed by atoms with Gasteiger partial charge in [-0.3, -0.25) is 0 Å². The third-order valence-electron chi connectivity index (χ3n) is 3.78. The van der Waals surface area contributed by atoms with E-state index >= 15 is 0 Å². The van der Waals surface area contributed by atoms with Gasteiger partial charge >= 0.3 is 0 Å². The Morgan fingerprint density at radius 2 is 2.26 bits per heavy atom. The van der Waals surface area contributed by atoms with Crippen molar-refractivity contribution in [2.45, 2.75) is 25.8 Å². The van der Waals surface area contributed by atoms with E-state index in [1.807, 2.05) is 6.07 Å². The Balaban J connectivity index is 1.84. The van der Waals surface area contributed by atoms with Gasteiger partial charge in [-0.1, -0.05) is 0 Å². The number of rotatable bonds is 7. The molecule has 102 valence electrons. The van der Waals surface area contributed by atoms with E-state index < -0.39 is 0 Å². The fourth-order valence-electron chi connectivity index (χ4n) is 2.25. The Kier molecular flexibility index (Phi) is 4.52. The van der Waals surface area contributed by atoms with Crippen molar-refractivity contribution in [3.05, 3.63) is 35.1 Å². The van der Waals surface area contributed by atoms with Gasteiger partial charge in [0.2, 0.25) is 0 Å². The van der Waals surface area contributed by atoms with E-state index in [2.05, 4.69) is 5.32 Å². The zero-order chi connectivity index (χ0) is 13.7. The van der Waals surface area contributed by atoms with Crippen molar-refractivity contribution in [1.29, 1.82) is 5.26 Å². The largest absolute Gasteiger partial charge is 0.385 e.